The number of fused-ring (bicyclic) bond motifs is 1. The Kier molecular flexibility index (Phi) is 4.01. The first kappa shape index (κ1) is 19.9. The van der Waals surface area contributed by atoms with Crippen molar-refractivity contribution in [1.82, 2.24) is 40.2 Å². The highest BCUT2D eigenvalue weighted by atomic mass is 16.5. The van der Waals surface area contributed by atoms with Crippen molar-refractivity contribution in [3.63, 3.8) is 0 Å². The van der Waals surface area contributed by atoms with Crippen LogP contribution in [0.5, 0.6) is 0 Å². The van der Waals surface area contributed by atoms with Crippen molar-refractivity contribution < 1.29 is 4.52 Å². The summed E-state index contributed by atoms with van der Waals surface area (Å²) in [6, 6.07) is 0. The Balaban J connectivity index is 1.28. The summed E-state index contributed by atoms with van der Waals surface area (Å²) in [5, 5.41) is 13.8. The highest BCUT2D eigenvalue weighted by molar-refractivity contribution is 6.00. The Hall–Kier alpha value is -3.40. The van der Waals surface area contributed by atoms with E-state index in [1.807, 2.05) is 12.4 Å². The molecule has 4 saturated carbocycles. The number of hydrogen-bond acceptors (Lipinski definition) is 9. The van der Waals surface area contributed by atoms with E-state index in [0.717, 1.165) is 86.3 Å². The molecule has 178 valence electrons. The number of piperidine rings is 1. The maximum Gasteiger partial charge on any atom is 0.165 e. The van der Waals surface area contributed by atoms with Gasteiger partial charge in [-0.2, -0.15) is 5.10 Å². The van der Waals surface area contributed by atoms with Crippen LogP contribution in [-0.4, -0.2) is 48.0 Å². The van der Waals surface area contributed by atoms with Gasteiger partial charge < -0.3 is 15.6 Å². The second-order valence-corrected chi connectivity index (χ2v) is 10.8. The van der Waals surface area contributed by atoms with Crippen LogP contribution in [0, 0.1) is 5.92 Å². The van der Waals surface area contributed by atoms with E-state index in [1.165, 1.54) is 11.9 Å². The van der Waals surface area contributed by atoms with Crippen LogP contribution in [0.1, 0.15) is 68.1 Å². The summed E-state index contributed by atoms with van der Waals surface area (Å²) in [7, 11) is 0. The molecule has 0 spiro atoms. The van der Waals surface area contributed by atoms with Gasteiger partial charge in [0.05, 0.1) is 16.5 Å². The molecule has 1 saturated heterocycles. The molecule has 4 aromatic rings. The van der Waals surface area contributed by atoms with Crippen LogP contribution in [0.2, 0.25) is 0 Å². The predicted octanol–water partition coefficient (Wildman–Crippen LogP) is 3.37. The number of anilines is 1. The van der Waals surface area contributed by atoms with Crippen molar-refractivity contribution in [2.24, 2.45) is 5.92 Å². The molecule has 3 N–H and O–H groups in total. The van der Waals surface area contributed by atoms with Gasteiger partial charge in [-0.05, 0) is 75.4 Å². The molecule has 9 rings (SSSR count). The van der Waals surface area contributed by atoms with Crippen LogP contribution in [-0.2, 0) is 5.54 Å². The first-order chi connectivity index (χ1) is 17.2. The third kappa shape index (κ3) is 2.86. The molecule has 0 atom stereocenters. The van der Waals surface area contributed by atoms with Gasteiger partial charge in [-0.1, -0.05) is 5.16 Å². The minimum absolute atomic E-state index is 0.0538. The molecule has 5 aliphatic rings. The van der Waals surface area contributed by atoms with Crippen molar-refractivity contribution in [2.75, 3.05) is 18.8 Å². The quantitative estimate of drug-likeness (QED) is 0.451. The molecule has 2 bridgehead atoms. The standard InChI is InChI=1S/C25H27N9O/c26-22-18-19(32-34(24(18)31-12-30-22)25-7-13(8-25)9-25)20-17(21(35-33-20)15-1-2-15)23-28-10-16(11-29-23)14-3-5-27-6-4-14/h10-15,27H,1-9H2,(H2,26,30,31). The second-order valence-electron chi connectivity index (χ2n) is 10.8. The van der Waals surface area contributed by atoms with E-state index in [9.17, 15) is 0 Å². The smallest absolute Gasteiger partial charge is 0.165 e. The largest absolute Gasteiger partial charge is 0.383 e. The number of hydrogen-bond donors (Lipinski definition) is 2. The maximum atomic E-state index is 6.39. The lowest BCUT2D eigenvalue weighted by Crippen LogP contribution is -2.59. The van der Waals surface area contributed by atoms with Crippen LogP contribution in [0.15, 0.2) is 23.2 Å². The van der Waals surface area contributed by atoms with Gasteiger partial charge >= 0.3 is 0 Å². The van der Waals surface area contributed by atoms with E-state index in [0.29, 0.717) is 34.9 Å². The third-order valence-corrected chi connectivity index (χ3v) is 8.55. The zero-order valence-electron chi connectivity index (χ0n) is 19.4. The average Bonchev–Trinajstić information content (AvgIpc) is 3.47. The van der Waals surface area contributed by atoms with Gasteiger partial charge in [0.2, 0.25) is 0 Å². The van der Waals surface area contributed by atoms with Crippen LogP contribution < -0.4 is 11.1 Å². The Morgan fingerprint density at radius 2 is 1.71 bits per heavy atom. The number of aromatic nitrogens is 7. The van der Waals surface area contributed by atoms with Gasteiger partial charge in [-0.25, -0.2) is 24.6 Å². The van der Waals surface area contributed by atoms with Crippen molar-refractivity contribution in [2.45, 2.75) is 62.3 Å². The summed E-state index contributed by atoms with van der Waals surface area (Å²) < 4.78 is 8.02. The Morgan fingerprint density at radius 3 is 2.40 bits per heavy atom. The first-order valence-corrected chi connectivity index (χ1v) is 12.7. The molecular formula is C25H27N9O. The topological polar surface area (TPSA) is 133 Å². The number of nitrogens with one attached hydrogen (secondary N) is 1. The molecule has 4 aromatic heterocycles. The fraction of sp³-hybridized carbons (Fsp3) is 0.520. The lowest BCUT2D eigenvalue weighted by Gasteiger charge is -2.61. The highest BCUT2D eigenvalue weighted by Gasteiger charge is 2.59. The molecule has 0 unspecified atom stereocenters. The van der Waals surface area contributed by atoms with Crippen molar-refractivity contribution in [1.29, 1.82) is 0 Å². The zero-order chi connectivity index (χ0) is 23.1. The average molecular weight is 470 g/mol. The van der Waals surface area contributed by atoms with E-state index in [2.05, 4.69) is 25.1 Å². The fourth-order valence-electron chi connectivity index (χ4n) is 6.30. The van der Waals surface area contributed by atoms with Gasteiger partial charge in [0.15, 0.2) is 17.2 Å². The van der Waals surface area contributed by atoms with Gasteiger partial charge in [0, 0.05) is 18.3 Å². The number of nitrogens with two attached hydrogens (primary N) is 1. The van der Waals surface area contributed by atoms with Crippen LogP contribution in [0.3, 0.4) is 0 Å². The summed E-state index contributed by atoms with van der Waals surface area (Å²) in [6.45, 7) is 2.07. The summed E-state index contributed by atoms with van der Waals surface area (Å²) in [5.74, 6) is 3.54. The molecule has 4 aliphatic carbocycles. The lowest BCUT2D eigenvalue weighted by atomic mass is 9.50. The molecule has 35 heavy (non-hydrogen) atoms. The third-order valence-electron chi connectivity index (χ3n) is 8.55. The molecule has 0 aromatic carbocycles. The van der Waals surface area contributed by atoms with Crippen LogP contribution in [0.25, 0.3) is 33.8 Å². The van der Waals surface area contributed by atoms with E-state index >= 15 is 0 Å². The van der Waals surface area contributed by atoms with Crippen molar-refractivity contribution >= 4 is 16.9 Å². The van der Waals surface area contributed by atoms with Gasteiger partial charge in [-0.15, -0.1) is 0 Å². The second kappa shape index (κ2) is 7.07. The summed E-state index contributed by atoms with van der Waals surface area (Å²) in [5.41, 5.74) is 10.5. The van der Waals surface area contributed by atoms with E-state index in [-0.39, 0.29) is 5.54 Å². The molecule has 0 amide bonds. The predicted molar refractivity (Wildman–Crippen MR) is 128 cm³/mol. The summed E-state index contributed by atoms with van der Waals surface area (Å²) in [6.07, 6.45) is 13.3. The SMILES string of the molecule is Nc1ncnc2c1c(-c1noc(C3CC3)c1-c1ncc(C3CCNCC3)cn1)nn2C12CC(C1)C2. The highest BCUT2D eigenvalue weighted by Crippen LogP contribution is 2.63. The zero-order valence-corrected chi connectivity index (χ0v) is 19.4. The molecular weight excluding hydrogens is 442 g/mol. The fourth-order valence-corrected chi connectivity index (χ4v) is 6.30. The monoisotopic (exact) mass is 469 g/mol. The minimum Gasteiger partial charge on any atom is -0.383 e. The summed E-state index contributed by atoms with van der Waals surface area (Å²) >= 11 is 0. The number of rotatable bonds is 5. The molecule has 0 radical (unpaired) electrons. The Morgan fingerprint density at radius 1 is 0.943 bits per heavy atom. The minimum atomic E-state index is 0.0538. The molecule has 5 fully saturated rings. The van der Waals surface area contributed by atoms with E-state index in [1.54, 1.807) is 0 Å². The maximum absolute atomic E-state index is 6.39. The van der Waals surface area contributed by atoms with E-state index < -0.39 is 0 Å². The lowest BCUT2D eigenvalue weighted by molar-refractivity contribution is -0.0946. The van der Waals surface area contributed by atoms with Gasteiger partial charge in [0.1, 0.15) is 23.5 Å². The molecule has 10 heteroatoms. The molecule has 1 aliphatic heterocycles. The summed E-state index contributed by atoms with van der Waals surface area (Å²) in [4.78, 5) is 18.5. The van der Waals surface area contributed by atoms with Crippen molar-refractivity contribution in [3.05, 3.63) is 30.0 Å². The van der Waals surface area contributed by atoms with Crippen LogP contribution in [0.4, 0.5) is 5.82 Å². The van der Waals surface area contributed by atoms with Gasteiger partial charge in [0.25, 0.3) is 0 Å². The molecule has 10 nitrogen and oxygen atoms in total. The Bertz CT molecular complexity index is 1430. The van der Waals surface area contributed by atoms with Crippen molar-refractivity contribution in [3.8, 4) is 22.8 Å². The number of nitrogen functional groups attached to an aromatic ring is 1. The number of nitrogens with zero attached hydrogens (tertiary/aromatic N) is 7. The normalized spacial score (nSPS) is 26.0. The van der Waals surface area contributed by atoms with Gasteiger partial charge in [-0.3, -0.25) is 0 Å². The van der Waals surface area contributed by atoms with Crippen LogP contribution >= 0.6 is 0 Å². The first-order valence-electron chi connectivity index (χ1n) is 12.7. The Labute approximate surface area is 201 Å². The van der Waals surface area contributed by atoms with E-state index in [4.69, 9.17) is 25.3 Å². The molecule has 5 heterocycles.